The van der Waals surface area contributed by atoms with E-state index in [1.807, 2.05) is 55.5 Å². The third-order valence-corrected chi connectivity index (χ3v) is 6.60. The molecule has 174 valence electrons. The van der Waals surface area contributed by atoms with E-state index in [1.165, 1.54) is 27.6 Å². The predicted molar refractivity (Wildman–Crippen MR) is 134 cm³/mol. The monoisotopic (exact) mass is 466 g/mol. The molecule has 33 heavy (non-hydrogen) atoms. The van der Waals surface area contributed by atoms with Gasteiger partial charge in [0.25, 0.3) is 5.56 Å². The molecule has 1 atom stereocenters. The van der Waals surface area contributed by atoms with Gasteiger partial charge in [0.15, 0.2) is 0 Å². The molecule has 2 N–H and O–H groups in total. The lowest BCUT2D eigenvalue weighted by Gasteiger charge is -2.11. The highest BCUT2D eigenvalue weighted by atomic mass is 32.2. The van der Waals surface area contributed by atoms with Crippen LogP contribution in [0.2, 0.25) is 0 Å². The summed E-state index contributed by atoms with van der Waals surface area (Å²) in [4.78, 5) is 37.8. The van der Waals surface area contributed by atoms with Crippen molar-refractivity contribution in [3.05, 3.63) is 81.8 Å². The average molecular weight is 467 g/mol. The van der Waals surface area contributed by atoms with Gasteiger partial charge in [0.2, 0.25) is 11.8 Å². The van der Waals surface area contributed by atoms with Gasteiger partial charge in [0.05, 0.1) is 22.4 Å². The number of hydrogen-bond donors (Lipinski definition) is 2. The first kappa shape index (κ1) is 24.4. The number of carbonyl (C=O) groups is 2. The van der Waals surface area contributed by atoms with E-state index in [0.717, 1.165) is 12.1 Å². The molecule has 7 nitrogen and oxygen atoms in total. The molecule has 0 aliphatic carbocycles. The molecule has 3 rings (SSSR count). The first-order chi connectivity index (χ1) is 15.8. The summed E-state index contributed by atoms with van der Waals surface area (Å²) in [6.07, 6.45) is 0.759. The van der Waals surface area contributed by atoms with Gasteiger partial charge in [-0.05, 0) is 44.9 Å². The Balaban J connectivity index is 1.52. The maximum atomic E-state index is 12.9. The lowest BCUT2D eigenvalue weighted by Crippen LogP contribution is -2.31. The van der Waals surface area contributed by atoms with Crippen molar-refractivity contribution in [1.29, 1.82) is 0 Å². The van der Waals surface area contributed by atoms with Gasteiger partial charge >= 0.3 is 0 Å². The van der Waals surface area contributed by atoms with Gasteiger partial charge in [-0.2, -0.15) is 0 Å². The van der Waals surface area contributed by atoms with Crippen LogP contribution >= 0.6 is 11.8 Å². The molecule has 1 aromatic heterocycles. The molecule has 0 fully saturated rings. The predicted octanol–water partition coefficient (Wildman–Crippen LogP) is 3.21. The lowest BCUT2D eigenvalue weighted by molar-refractivity contribution is -0.118. The number of nitrogens with one attached hydrogen (secondary N) is 2. The van der Waals surface area contributed by atoms with Gasteiger partial charge in [-0.25, -0.2) is 4.68 Å². The van der Waals surface area contributed by atoms with Crippen LogP contribution in [0.5, 0.6) is 0 Å². The van der Waals surface area contributed by atoms with Crippen LogP contribution in [0.15, 0.2) is 59.4 Å². The summed E-state index contributed by atoms with van der Waals surface area (Å²) < 4.78 is 3.23. The van der Waals surface area contributed by atoms with E-state index in [2.05, 4.69) is 16.7 Å². The van der Waals surface area contributed by atoms with Crippen LogP contribution < -0.4 is 16.2 Å². The number of benzene rings is 2. The van der Waals surface area contributed by atoms with Crippen LogP contribution in [0.1, 0.15) is 23.7 Å². The van der Waals surface area contributed by atoms with Crippen LogP contribution in [0.3, 0.4) is 0 Å². The second-order valence-electron chi connectivity index (χ2n) is 7.97. The number of anilines is 1. The van der Waals surface area contributed by atoms with E-state index in [0.29, 0.717) is 12.2 Å². The Kier molecular flexibility index (Phi) is 8.16. The van der Waals surface area contributed by atoms with Crippen molar-refractivity contribution >= 4 is 29.3 Å². The smallest absolute Gasteiger partial charge is 0.295 e. The molecule has 1 heterocycles. The SMILES string of the molecule is Cc1cccc(CCNC(=O)CSC(C)C(=O)Nc2c(C)n(C)n(-c3ccccc3)c2=O)c1. The largest absolute Gasteiger partial charge is 0.355 e. The molecule has 0 aliphatic rings. The highest BCUT2D eigenvalue weighted by molar-refractivity contribution is 8.01. The van der Waals surface area contributed by atoms with E-state index >= 15 is 0 Å². The number of carbonyl (C=O) groups excluding carboxylic acids is 2. The number of hydrogen-bond acceptors (Lipinski definition) is 4. The van der Waals surface area contributed by atoms with Crippen molar-refractivity contribution in [2.45, 2.75) is 32.4 Å². The van der Waals surface area contributed by atoms with Gasteiger partial charge in [0.1, 0.15) is 5.69 Å². The van der Waals surface area contributed by atoms with Crippen molar-refractivity contribution in [3.8, 4) is 5.69 Å². The molecule has 8 heteroatoms. The van der Waals surface area contributed by atoms with Gasteiger partial charge in [0, 0.05) is 13.6 Å². The Hall–Kier alpha value is -3.26. The Morgan fingerprint density at radius 3 is 2.48 bits per heavy atom. The first-order valence-corrected chi connectivity index (χ1v) is 11.9. The number of amides is 2. The minimum Gasteiger partial charge on any atom is -0.355 e. The third-order valence-electron chi connectivity index (χ3n) is 5.45. The van der Waals surface area contributed by atoms with Gasteiger partial charge in [-0.1, -0.05) is 48.0 Å². The summed E-state index contributed by atoms with van der Waals surface area (Å²) in [6.45, 7) is 6.11. The van der Waals surface area contributed by atoms with Crippen LogP contribution in [-0.2, 0) is 23.1 Å². The zero-order valence-corrected chi connectivity index (χ0v) is 20.2. The molecule has 2 amide bonds. The third kappa shape index (κ3) is 6.16. The number of aromatic nitrogens is 2. The summed E-state index contributed by atoms with van der Waals surface area (Å²) in [5.41, 5.74) is 3.71. The molecule has 0 saturated carbocycles. The fraction of sp³-hybridized carbons (Fsp3) is 0.320. The molecule has 0 spiro atoms. The van der Waals surface area contributed by atoms with Crippen LogP contribution in [0.4, 0.5) is 5.69 Å². The minimum atomic E-state index is -0.489. The van der Waals surface area contributed by atoms with E-state index in [1.54, 1.807) is 25.6 Å². The Morgan fingerprint density at radius 1 is 1.06 bits per heavy atom. The fourth-order valence-corrected chi connectivity index (χ4v) is 4.19. The summed E-state index contributed by atoms with van der Waals surface area (Å²) in [6, 6.07) is 17.4. The van der Waals surface area contributed by atoms with Crippen LogP contribution in [0.25, 0.3) is 5.69 Å². The number of rotatable bonds is 9. The van der Waals surface area contributed by atoms with E-state index in [-0.39, 0.29) is 28.8 Å². The lowest BCUT2D eigenvalue weighted by atomic mass is 10.1. The summed E-state index contributed by atoms with van der Waals surface area (Å²) in [5, 5.41) is 5.16. The maximum absolute atomic E-state index is 12.9. The average Bonchev–Trinajstić information content (AvgIpc) is 3.01. The zero-order valence-electron chi connectivity index (χ0n) is 19.4. The highest BCUT2D eigenvalue weighted by Crippen LogP contribution is 2.17. The topological polar surface area (TPSA) is 85.1 Å². The van der Waals surface area contributed by atoms with Crippen molar-refractivity contribution in [3.63, 3.8) is 0 Å². The molecule has 3 aromatic rings. The van der Waals surface area contributed by atoms with Crippen molar-refractivity contribution in [2.75, 3.05) is 17.6 Å². The quantitative estimate of drug-likeness (QED) is 0.507. The second-order valence-corrected chi connectivity index (χ2v) is 9.30. The van der Waals surface area contributed by atoms with E-state index < -0.39 is 5.25 Å². The van der Waals surface area contributed by atoms with Crippen LogP contribution in [-0.4, -0.2) is 38.7 Å². The van der Waals surface area contributed by atoms with Crippen molar-refractivity contribution < 1.29 is 9.59 Å². The standard InChI is InChI=1S/C25H30N4O3S/c1-17-9-8-10-20(15-17)13-14-26-22(30)16-33-19(3)24(31)27-23-18(2)28(4)29(25(23)32)21-11-6-5-7-12-21/h5-12,15,19H,13-14,16H2,1-4H3,(H,26,30)(H,27,31). The van der Waals surface area contributed by atoms with Crippen molar-refractivity contribution in [2.24, 2.45) is 7.05 Å². The zero-order chi connectivity index (χ0) is 24.0. The van der Waals surface area contributed by atoms with Gasteiger partial charge in [-0.15, -0.1) is 11.8 Å². The van der Waals surface area contributed by atoms with Crippen LogP contribution in [0, 0.1) is 13.8 Å². The molecule has 0 radical (unpaired) electrons. The molecule has 0 saturated heterocycles. The van der Waals surface area contributed by atoms with Crippen molar-refractivity contribution in [1.82, 2.24) is 14.7 Å². The molecule has 1 unspecified atom stereocenters. The normalized spacial score (nSPS) is 11.8. The summed E-state index contributed by atoms with van der Waals surface area (Å²) in [7, 11) is 1.78. The number of nitrogens with zero attached hydrogens (tertiary/aromatic N) is 2. The highest BCUT2D eigenvalue weighted by Gasteiger charge is 2.21. The first-order valence-electron chi connectivity index (χ1n) is 10.9. The number of thioether (sulfide) groups is 1. The fourth-order valence-electron chi connectivity index (χ4n) is 3.48. The molecule has 2 aromatic carbocycles. The molecule has 0 bridgehead atoms. The Labute approximate surface area is 198 Å². The maximum Gasteiger partial charge on any atom is 0.295 e. The van der Waals surface area contributed by atoms with E-state index in [9.17, 15) is 14.4 Å². The molecule has 0 aliphatic heterocycles. The Bertz CT molecular complexity index is 1180. The van der Waals surface area contributed by atoms with Gasteiger partial charge < -0.3 is 10.6 Å². The summed E-state index contributed by atoms with van der Waals surface area (Å²) >= 11 is 1.24. The summed E-state index contributed by atoms with van der Waals surface area (Å²) in [5.74, 6) is -0.252. The Morgan fingerprint density at radius 2 is 1.79 bits per heavy atom. The molecular weight excluding hydrogens is 436 g/mol. The molecular formula is C25H30N4O3S. The van der Waals surface area contributed by atoms with Gasteiger partial charge in [-0.3, -0.25) is 19.1 Å². The second kappa shape index (κ2) is 11.0. The number of para-hydroxylation sites is 1. The number of aryl methyl sites for hydroxylation is 1. The van der Waals surface area contributed by atoms with E-state index in [4.69, 9.17) is 0 Å². The minimum absolute atomic E-state index is 0.116.